The van der Waals surface area contributed by atoms with Gasteiger partial charge < -0.3 is 10.1 Å². The summed E-state index contributed by atoms with van der Waals surface area (Å²) in [4.78, 5) is 10.9. The predicted octanol–water partition coefficient (Wildman–Crippen LogP) is 2.56. The highest BCUT2D eigenvalue weighted by Crippen LogP contribution is 2.16. The van der Waals surface area contributed by atoms with E-state index in [0.29, 0.717) is 0 Å². The van der Waals surface area contributed by atoms with Crippen LogP contribution in [0.3, 0.4) is 0 Å². The van der Waals surface area contributed by atoms with Crippen molar-refractivity contribution in [3.8, 4) is 0 Å². The van der Waals surface area contributed by atoms with E-state index in [9.17, 15) is 13.6 Å². The third-order valence-electron chi connectivity index (χ3n) is 1.83. The topological polar surface area (TPSA) is 38.3 Å². The standard InChI is InChI=1S/C9H17F2NO2/c1-4-5-6-14-8(13)12-7(2)9(3,10)11/h7H,4-6H2,1-3H3,(H,12,13)/t7-/m0/s1. The summed E-state index contributed by atoms with van der Waals surface area (Å²) in [6.07, 6.45) is 0.851. The van der Waals surface area contributed by atoms with Gasteiger partial charge in [-0.1, -0.05) is 13.3 Å². The second-order valence-corrected chi connectivity index (χ2v) is 3.31. The predicted molar refractivity (Wildman–Crippen MR) is 49.5 cm³/mol. The van der Waals surface area contributed by atoms with Gasteiger partial charge in [0, 0.05) is 6.92 Å². The molecular formula is C9H17F2NO2. The fourth-order valence-electron chi connectivity index (χ4n) is 0.654. The van der Waals surface area contributed by atoms with Gasteiger partial charge in [-0.3, -0.25) is 0 Å². The number of carbonyl (C=O) groups is 1. The maximum absolute atomic E-state index is 12.6. The zero-order chi connectivity index (χ0) is 11.2. The van der Waals surface area contributed by atoms with Crippen LogP contribution in [0.5, 0.6) is 0 Å². The maximum Gasteiger partial charge on any atom is 0.407 e. The number of alkyl halides is 2. The summed E-state index contributed by atoms with van der Waals surface area (Å²) in [6, 6.07) is -1.21. The Hall–Kier alpha value is -0.870. The molecule has 1 atom stereocenters. The summed E-state index contributed by atoms with van der Waals surface area (Å²) >= 11 is 0. The van der Waals surface area contributed by atoms with E-state index in [1.165, 1.54) is 6.92 Å². The highest BCUT2D eigenvalue weighted by atomic mass is 19.3. The monoisotopic (exact) mass is 209 g/mol. The van der Waals surface area contributed by atoms with Gasteiger partial charge in [0.25, 0.3) is 5.92 Å². The van der Waals surface area contributed by atoms with Crippen LogP contribution in [-0.2, 0) is 4.74 Å². The van der Waals surface area contributed by atoms with E-state index in [0.717, 1.165) is 19.8 Å². The van der Waals surface area contributed by atoms with Crippen LogP contribution in [0.25, 0.3) is 0 Å². The third-order valence-corrected chi connectivity index (χ3v) is 1.83. The van der Waals surface area contributed by atoms with Crippen molar-refractivity contribution in [2.75, 3.05) is 6.61 Å². The minimum atomic E-state index is -2.93. The molecule has 0 aliphatic carbocycles. The summed E-state index contributed by atoms with van der Waals surface area (Å²) in [7, 11) is 0. The lowest BCUT2D eigenvalue weighted by molar-refractivity contribution is -0.0123. The lowest BCUT2D eigenvalue weighted by atomic mass is 10.2. The number of rotatable bonds is 5. The average Bonchev–Trinajstić information content (AvgIpc) is 2.03. The average molecular weight is 209 g/mol. The molecule has 0 saturated carbocycles. The van der Waals surface area contributed by atoms with Crippen molar-refractivity contribution in [2.24, 2.45) is 0 Å². The number of carbonyl (C=O) groups excluding carboxylic acids is 1. The number of halogens is 2. The van der Waals surface area contributed by atoms with Crippen LogP contribution in [0.1, 0.15) is 33.6 Å². The Morgan fingerprint density at radius 1 is 1.57 bits per heavy atom. The number of nitrogens with one attached hydrogen (secondary N) is 1. The number of hydrogen-bond donors (Lipinski definition) is 1. The zero-order valence-corrected chi connectivity index (χ0v) is 8.77. The van der Waals surface area contributed by atoms with Gasteiger partial charge in [0.2, 0.25) is 0 Å². The summed E-state index contributed by atoms with van der Waals surface area (Å²) in [6.45, 7) is 4.21. The Morgan fingerprint density at radius 3 is 2.57 bits per heavy atom. The van der Waals surface area contributed by atoms with Crippen LogP contribution < -0.4 is 5.32 Å². The first-order chi connectivity index (χ1) is 6.38. The molecule has 0 saturated heterocycles. The minimum absolute atomic E-state index is 0.268. The normalized spacial score (nSPS) is 13.5. The van der Waals surface area contributed by atoms with E-state index < -0.39 is 18.1 Å². The molecule has 0 aliphatic rings. The molecule has 14 heavy (non-hydrogen) atoms. The van der Waals surface area contributed by atoms with Crippen LogP contribution in [0.15, 0.2) is 0 Å². The van der Waals surface area contributed by atoms with Crippen molar-refractivity contribution in [3.63, 3.8) is 0 Å². The van der Waals surface area contributed by atoms with Crippen LogP contribution in [0, 0.1) is 0 Å². The van der Waals surface area contributed by atoms with E-state index in [4.69, 9.17) is 0 Å². The van der Waals surface area contributed by atoms with Crippen molar-refractivity contribution in [1.29, 1.82) is 0 Å². The molecule has 0 heterocycles. The fourth-order valence-corrected chi connectivity index (χ4v) is 0.654. The minimum Gasteiger partial charge on any atom is -0.450 e. The molecule has 0 spiro atoms. The van der Waals surface area contributed by atoms with E-state index in [-0.39, 0.29) is 6.61 Å². The molecule has 0 aromatic carbocycles. The van der Waals surface area contributed by atoms with E-state index in [2.05, 4.69) is 10.1 Å². The third kappa shape index (κ3) is 5.72. The molecule has 0 radical (unpaired) electrons. The largest absolute Gasteiger partial charge is 0.450 e. The molecule has 5 heteroatoms. The van der Waals surface area contributed by atoms with Gasteiger partial charge in [-0.15, -0.1) is 0 Å². The SMILES string of the molecule is CCCCOC(=O)N[C@@H](C)C(C)(F)F. The van der Waals surface area contributed by atoms with Crippen LogP contribution in [-0.4, -0.2) is 24.7 Å². The Bertz CT molecular complexity index is 180. The number of ether oxygens (including phenoxy) is 1. The van der Waals surface area contributed by atoms with Gasteiger partial charge in [0.1, 0.15) is 0 Å². The van der Waals surface area contributed by atoms with Gasteiger partial charge in [-0.25, -0.2) is 13.6 Å². The molecule has 0 aromatic rings. The lowest BCUT2D eigenvalue weighted by Crippen LogP contribution is -2.44. The van der Waals surface area contributed by atoms with Gasteiger partial charge in [-0.05, 0) is 13.3 Å². The highest BCUT2D eigenvalue weighted by molar-refractivity contribution is 5.67. The Labute approximate surface area is 82.8 Å². The molecule has 0 fully saturated rings. The van der Waals surface area contributed by atoms with Crippen LogP contribution in [0.2, 0.25) is 0 Å². The molecular weight excluding hydrogens is 192 g/mol. The zero-order valence-electron chi connectivity index (χ0n) is 8.77. The molecule has 0 aliphatic heterocycles. The smallest absolute Gasteiger partial charge is 0.407 e. The second-order valence-electron chi connectivity index (χ2n) is 3.31. The van der Waals surface area contributed by atoms with Crippen molar-refractivity contribution in [2.45, 2.75) is 45.6 Å². The van der Waals surface area contributed by atoms with Gasteiger partial charge >= 0.3 is 6.09 Å². The number of amides is 1. The Kier molecular flexibility index (Phi) is 5.42. The molecule has 0 rings (SSSR count). The molecule has 1 N–H and O–H groups in total. The number of unbranched alkanes of at least 4 members (excludes halogenated alkanes) is 1. The van der Waals surface area contributed by atoms with Crippen LogP contribution in [0.4, 0.5) is 13.6 Å². The fraction of sp³-hybridized carbons (Fsp3) is 0.889. The molecule has 0 unspecified atom stereocenters. The number of hydrogen-bond acceptors (Lipinski definition) is 2. The first-order valence-corrected chi connectivity index (χ1v) is 4.69. The van der Waals surface area contributed by atoms with Crippen molar-refractivity contribution in [1.82, 2.24) is 5.32 Å². The molecule has 84 valence electrons. The number of alkyl carbamates (subject to hydrolysis) is 1. The summed E-state index contributed by atoms with van der Waals surface area (Å²) in [5, 5.41) is 2.07. The van der Waals surface area contributed by atoms with Crippen LogP contribution >= 0.6 is 0 Å². The Balaban J connectivity index is 3.72. The molecule has 1 amide bonds. The van der Waals surface area contributed by atoms with E-state index >= 15 is 0 Å². The first-order valence-electron chi connectivity index (χ1n) is 4.69. The molecule has 0 aromatic heterocycles. The highest BCUT2D eigenvalue weighted by Gasteiger charge is 2.31. The van der Waals surface area contributed by atoms with E-state index in [1.807, 2.05) is 6.92 Å². The van der Waals surface area contributed by atoms with Crippen molar-refractivity contribution >= 4 is 6.09 Å². The van der Waals surface area contributed by atoms with Crippen molar-refractivity contribution in [3.05, 3.63) is 0 Å². The first kappa shape index (κ1) is 13.1. The van der Waals surface area contributed by atoms with Gasteiger partial charge in [0.15, 0.2) is 0 Å². The summed E-state index contributed by atoms with van der Waals surface area (Å²) in [5.74, 6) is -2.93. The lowest BCUT2D eigenvalue weighted by Gasteiger charge is -2.20. The van der Waals surface area contributed by atoms with Gasteiger partial charge in [0.05, 0.1) is 12.6 Å². The van der Waals surface area contributed by atoms with E-state index in [1.54, 1.807) is 0 Å². The summed E-state index contributed by atoms with van der Waals surface area (Å²) in [5.41, 5.74) is 0. The maximum atomic E-state index is 12.6. The second kappa shape index (κ2) is 5.78. The van der Waals surface area contributed by atoms with Crippen molar-refractivity contribution < 1.29 is 18.3 Å². The molecule has 0 bridgehead atoms. The Morgan fingerprint density at radius 2 is 2.14 bits per heavy atom. The van der Waals surface area contributed by atoms with Gasteiger partial charge in [-0.2, -0.15) is 0 Å². The quantitative estimate of drug-likeness (QED) is 0.706. The summed E-state index contributed by atoms with van der Waals surface area (Å²) < 4.78 is 29.9. The molecule has 3 nitrogen and oxygen atoms in total.